The smallest absolute Gasteiger partial charge is 0.261 e. The van der Waals surface area contributed by atoms with Crippen LogP contribution in [0.2, 0.25) is 0 Å². The van der Waals surface area contributed by atoms with Crippen molar-refractivity contribution in [1.82, 2.24) is 19.9 Å². The predicted octanol–water partition coefficient (Wildman–Crippen LogP) is 2.43. The third-order valence-electron chi connectivity index (χ3n) is 3.59. The van der Waals surface area contributed by atoms with Crippen LogP contribution in [0.4, 0.5) is 5.69 Å². The number of hydrogen-bond donors (Lipinski definition) is 2. The van der Waals surface area contributed by atoms with Crippen LogP contribution in [0.1, 0.15) is 40.3 Å². The number of benzene rings is 1. The highest BCUT2D eigenvalue weighted by molar-refractivity contribution is 6.11. The molecule has 0 aliphatic heterocycles. The van der Waals surface area contributed by atoms with Crippen LogP contribution in [-0.4, -0.2) is 32.5 Å². The molecule has 0 unspecified atom stereocenters. The third-order valence-corrected chi connectivity index (χ3v) is 3.59. The maximum Gasteiger partial charge on any atom is 0.261 e. The van der Waals surface area contributed by atoms with Gasteiger partial charge in [0.05, 0.1) is 17.4 Å². The highest BCUT2D eigenvalue weighted by Gasteiger charge is 2.18. The molecular weight excluding hydrogens is 318 g/mol. The molecule has 7 heteroatoms. The zero-order chi connectivity index (χ0) is 18.0. The molecule has 0 atom stereocenters. The van der Waals surface area contributed by atoms with Gasteiger partial charge in [0.1, 0.15) is 5.56 Å². The van der Waals surface area contributed by atoms with Gasteiger partial charge in [-0.05, 0) is 39.0 Å². The molecule has 2 aromatic heterocycles. The van der Waals surface area contributed by atoms with Crippen LogP contribution >= 0.6 is 0 Å². The zero-order valence-electron chi connectivity index (χ0n) is 14.3. The number of fused-ring (bicyclic) bond motifs is 1. The first-order valence-electron chi connectivity index (χ1n) is 7.98. The average molecular weight is 337 g/mol. The van der Waals surface area contributed by atoms with E-state index >= 15 is 0 Å². The van der Waals surface area contributed by atoms with Gasteiger partial charge in [0.15, 0.2) is 5.65 Å². The number of carbonyl (C=O) groups excluding carboxylic acids is 2. The maximum atomic E-state index is 12.7. The van der Waals surface area contributed by atoms with Gasteiger partial charge in [0, 0.05) is 17.9 Å². The maximum absolute atomic E-state index is 12.7. The fourth-order valence-electron chi connectivity index (χ4n) is 2.44. The topological polar surface area (TPSA) is 88.4 Å². The molecule has 0 radical (unpaired) electrons. The molecule has 0 saturated carbocycles. The number of carbonyl (C=O) groups is 2. The lowest BCUT2D eigenvalue weighted by atomic mass is 10.1. The lowest BCUT2D eigenvalue weighted by Gasteiger charge is -2.12. The molecule has 0 saturated heterocycles. The lowest BCUT2D eigenvalue weighted by Crippen LogP contribution is -2.31. The number of para-hydroxylation sites is 1. The Morgan fingerprint density at radius 2 is 1.84 bits per heavy atom. The Bertz CT molecular complexity index is 946. The Morgan fingerprint density at radius 3 is 2.60 bits per heavy atom. The summed E-state index contributed by atoms with van der Waals surface area (Å²) in [5, 5.41) is 9.74. The van der Waals surface area contributed by atoms with Crippen LogP contribution in [0.25, 0.3) is 5.65 Å². The summed E-state index contributed by atoms with van der Waals surface area (Å²) in [6.45, 7) is 5.61. The number of anilines is 1. The van der Waals surface area contributed by atoms with Gasteiger partial charge in [-0.3, -0.25) is 9.59 Å². The fourth-order valence-corrected chi connectivity index (χ4v) is 2.44. The van der Waals surface area contributed by atoms with Crippen LogP contribution in [0.15, 0.2) is 42.7 Å². The summed E-state index contributed by atoms with van der Waals surface area (Å²) in [5.41, 5.74) is 2.46. The number of nitrogens with zero attached hydrogens (tertiary/aromatic N) is 3. The monoisotopic (exact) mass is 337 g/mol. The van der Waals surface area contributed by atoms with Crippen molar-refractivity contribution in [3.63, 3.8) is 0 Å². The molecule has 2 amide bonds. The standard InChI is InChI=1S/C18H19N5O2/c1-11(2)20-17(24)13-6-4-5-7-15(13)22-18(25)14-10-19-23-9-8-12(3)21-16(14)23/h4-11H,1-3H3,(H,20,24)(H,22,25). The van der Waals surface area contributed by atoms with E-state index in [1.54, 1.807) is 35.0 Å². The Balaban J connectivity index is 1.90. The van der Waals surface area contributed by atoms with E-state index in [9.17, 15) is 9.59 Å². The first-order valence-corrected chi connectivity index (χ1v) is 7.98. The highest BCUT2D eigenvalue weighted by Crippen LogP contribution is 2.18. The van der Waals surface area contributed by atoms with Crippen LogP contribution < -0.4 is 10.6 Å². The summed E-state index contributed by atoms with van der Waals surface area (Å²) in [5.74, 6) is -0.599. The lowest BCUT2D eigenvalue weighted by molar-refractivity contribution is 0.0944. The fraction of sp³-hybridized carbons (Fsp3) is 0.222. The van der Waals surface area contributed by atoms with Crippen molar-refractivity contribution in [3.05, 3.63) is 59.5 Å². The van der Waals surface area contributed by atoms with E-state index in [4.69, 9.17) is 0 Å². The van der Waals surface area contributed by atoms with E-state index in [-0.39, 0.29) is 17.9 Å². The summed E-state index contributed by atoms with van der Waals surface area (Å²) >= 11 is 0. The van der Waals surface area contributed by atoms with E-state index < -0.39 is 0 Å². The summed E-state index contributed by atoms with van der Waals surface area (Å²) < 4.78 is 1.54. The van der Waals surface area contributed by atoms with E-state index in [1.165, 1.54) is 6.20 Å². The average Bonchev–Trinajstić information content (AvgIpc) is 2.97. The third kappa shape index (κ3) is 3.50. The van der Waals surface area contributed by atoms with Gasteiger partial charge in [-0.2, -0.15) is 5.10 Å². The van der Waals surface area contributed by atoms with Crippen LogP contribution in [0.5, 0.6) is 0 Å². The van der Waals surface area contributed by atoms with Crippen molar-refractivity contribution in [2.75, 3.05) is 5.32 Å². The molecule has 3 aromatic rings. The minimum atomic E-state index is -0.363. The number of aryl methyl sites for hydroxylation is 1. The number of nitrogens with one attached hydrogen (secondary N) is 2. The molecule has 25 heavy (non-hydrogen) atoms. The van der Waals surface area contributed by atoms with Crippen molar-refractivity contribution >= 4 is 23.1 Å². The summed E-state index contributed by atoms with van der Waals surface area (Å²) in [6, 6.07) is 8.70. The van der Waals surface area contributed by atoms with Gasteiger partial charge in [0.2, 0.25) is 0 Å². The molecule has 0 spiro atoms. The second kappa shape index (κ2) is 6.72. The number of aromatic nitrogens is 3. The SMILES string of the molecule is Cc1ccn2ncc(C(=O)Nc3ccccc3C(=O)NC(C)C)c2n1. The molecule has 0 aliphatic rings. The van der Waals surface area contributed by atoms with E-state index in [2.05, 4.69) is 20.7 Å². The summed E-state index contributed by atoms with van der Waals surface area (Å²) in [6.07, 6.45) is 3.21. The van der Waals surface area contributed by atoms with Gasteiger partial charge in [-0.15, -0.1) is 0 Å². The highest BCUT2D eigenvalue weighted by atomic mass is 16.2. The molecule has 2 heterocycles. The molecular formula is C18H19N5O2. The van der Waals surface area contributed by atoms with Crippen LogP contribution in [0.3, 0.4) is 0 Å². The van der Waals surface area contributed by atoms with Gasteiger partial charge in [0.25, 0.3) is 11.8 Å². The second-order valence-electron chi connectivity index (χ2n) is 6.02. The van der Waals surface area contributed by atoms with Crippen molar-refractivity contribution < 1.29 is 9.59 Å². The Kier molecular flexibility index (Phi) is 4.47. The van der Waals surface area contributed by atoms with Crippen molar-refractivity contribution in [1.29, 1.82) is 0 Å². The molecule has 0 bridgehead atoms. The quantitative estimate of drug-likeness (QED) is 0.765. The second-order valence-corrected chi connectivity index (χ2v) is 6.02. The molecule has 3 rings (SSSR count). The van der Waals surface area contributed by atoms with Crippen molar-refractivity contribution in [2.45, 2.75) is 26.8 Å². The molecule has 0 fully saturated rings. The van der Waals surface area contributed by atoms with Gasteiger partial charge in [-0.1, -0.05) is 12.1 Å². The number of rotatable bonds is 4. The minimum Gasteiger partial charge on any atom is -0.350 e. The Morgan fingerprint density at radius 1 is 1.08 bits per heavy atom. The zero-order valence-corrected chi connectivity index (χ0v) is 14.3. The molecule has 1 aromatic carbocycles. The summed E-state index contributed by atoms with van der Waals surface area (Å²) in [4.78, 5) is 29.3. The van der Waals surface area contributed by atoms with Gasteiger partial charge in [-0.25, -0.2) is 9.50 Å². The molecule has 7 nitrogen and oxygen atoms in total. The largest absolute Gasteiger partial charge is 0.350 e. The summed E-state index contributed by atoms with van der Waals surface area (Å²) in [7, 11) is 0. The Hall–Kier alpha value is -3.22. The normalized spacial score (nSPS) is 10.9. The van der Waals surface area contributed by atoms with E-state index in [0.29, 0.717) is 22.5 Å². The van der Waals surface area contributed by atoms with E-state index in [0.717, 1.165) is 5.69 Å². The molecule has 2 N–H and O–H groups in total. The van der Waals surface area contributed by atoms with Gasteiger partial charge >= 0.3 is 0 Å². The molecule has 0 aliphatic carbocycles. The van der Waals surface area contributed by atoms with E-state index in [1.807, 2.05) is 26.8 Å². The van der Waals surface area contributed by atoms with Gasteiger partial charge < -0.3 is 10.6 Å². The minimum absolute atomic E-state index is 0.00282. The first kappa shape index (κ1) is 16.6. The van der Waals surface area contributed by atoms with Crippen LogP contribution in [0, 0.1) is 6.92 Å². The number of hydrogen-bond acceptors (Lipinski definition) is 4. The molecule has 128 valence electrons. The Labute approximate surface area is 145 Å². The first-order chi connectivity index (χ1) is 12.0. The van der Waals surface area contributed by atoms with Crippen LogP contribution in [-0.2, 0) is 0 Å². The van der Waals surface area contributed by atoms with Crippen molar-refractivity contribution in [3.8, 4) is 0 Å². The number of amides is 2. The van der Waals surface area contributed by atoms with Crippen molar-refractivity contribution in [2.24, 2.45) is 0 Å². The predicted molar refractivity (Wildman–Crippen MR) is 94.7 cm³/mol.